The number of carbonyl (C=O) groups is 2. The van der Waals surface area contributed by atoms with Crippen molar-refractivity contribution >= 4 is 28.0 Å². The standard InChI is InChI=1S/C16H22BrNO4/c1-15(2,3)22-14(20)18-16(4,10-13(19)21-5)11-6-8-12(17)9-7-11/h6-9H,10H2,1-5H3,(H,18,20). The molecule has 0 radical (unpaired) electrons. The lowest BCUT2D eigenvalue weighted by Crippen LogP contribution is -2.47. The maximum Gasteiger partial charge on any atom is 0.408 e. The molecule has 0 aliphatic rings. The maximum atomic E-state index is 12.1. The van der Waals surface area contributed by atoms with E-state index < -0.39 is 23.2 Å². The summed E-state index contributed by atoms with van der Waals surface area (Å²) >= 11 is 3.36. The zero-order chi connectivity index (χ0) is 17.0. The normalized spacial score (nSPS) is 13.9. The fourth-order valence-corrected chi connectivity index (χ4v) is 2.19. The lowest BCUT2D eigenvalue weighted by molar-refractivity contribution is -0.142. The summed E-state index contributed by atoms with van der Waals surface area (Å²) in [6.45, 7) is 7.11. The van der Waals surface area contributed by atoms with Crippen molar-refractivity contribution in [3.63, 3.8) is 0 Å². The van der Waals surface area contributed by atoms with Crippen LogP contribution in [0.4, 0.5) is 4.79 Å². The third-order valence-electron chi connectivity index (χ3n) is 2.98. The highest BCUT2D eigenvalue weighted by molar-refractivity contribution is 9.10. The van der Waals surface area contributed by atoms with Crippen LogP contribution in [0.3, 0.4) is 0 Å². The molecule has 1 amide bonds. The van der Waals surface area contributed by atoms with Crippen LogP contribution in [0.1, 0.15) is 39.7 Å². The fourth-order valence-electron chi connectivity index (χ4n) is 1.93. The Morgan fingerprint density at radius 1 is 1.14 bits per heavy atom. The summed E-state index contributed by atoms with van der Waals surface area (Å²) in [6.07, 6.45) is -0.577. The molecule has 22 heavy (non-hydrogen) atoms. The van der Waals surface area contributed by atoms with E-state index in [1.807, 2.05) is 24.3 Å². The summed E-state index contributed by atoms with van der Waals surface area (Å²) in [5.74, 6) is -0.415. The van der Waals surface area contributed by atoms with Crippen LogP contribution >= 0.6 is 15.9 Å². The SMILES string of the molecule is COC(=O)CC(C)(NC(=O)OC(C)(C)C)c1ccc(Br)cc1. The number of amides is 1. The Morgan fingerprint density at radius 3 is 2.14 bits per heavy atom. The summed E-state index contributed by atoms with van der Waals surface area (Å²) in [5, 5.41) is 2.77. The van der Waals surface area contributed by atoms with Crippen LogP contribution in [0.15, 0.2) is 28.7 Å². The van der Waals surface area contributed by atoms with Gasteiger partial charge in [0.25, 0.3) is 0 Å². The summed E-state index contributed by atoms with van der Waals surface area (Å²) in [7, 11) is 1.32. The van der Waals surface area contributed by atoms with E-state index in [9.17, 15) is 9.59 Å². The van der Waals surface area contributed by atoms with Crippen LogP contribution in [0.5, 0.6) is 0 Å². The Labute approximate surface area is 139 Å². The summed E-state index contributed by atoms with van der Waals surface area (Å²) in [5.41, 5.74) is -0.751. The Hall–Kier alpha value is -1.56. The molecule has 0 aliphatic heterocycles. The predicted octanol–water partition coefficient (Wildman–Crippen LogP) is 3.75. The highest BCUT2D eigenvalue weighted by Crippen LogP contribution is 2.27. The molecule has 0 fully saturated rings. The van der Waals surface area contributed by atoms with Gasteiger partial charge in [0.1, 0.15) is 5.60 Å². The quantitative estimate of drug-likeness (QED) is 0.818. The molecule has 6 heteroatoms. The van der Waals surface area contributed by atoms with Crippen molar-refractivity contribution in [2.75, 3.05) is 7.11 Å². The van der Waals surface area contributed by atoms with Gasteiger partial charge in [-0.15, -0.1) is 0 Å². The number of hydrogen-bond donors (Lipinski definition) is 1. The van der Waals surface area contributed by atoms with Crippen LogP contribution in [0.2, 0.25) is 0 Å². The topological polar surface area (TPSA) is 64.6 Å². The third kappa shape index (κ3) is 5.67. The summed E-state index contributed by atoms with van der Waals surface area (Å²) < 4.78 is 10.9. The first-order chi connectivity index (χ1) is 10.1. The fraction of sp³-hybridized carbons (Fsp3) is 0.500. The minimum atomic E-state index is -0.921. The van der Waals surface area contributed by atoms with Gasteiger partial charge in [0, 0.05) is 4.47 Å². The molecule has 0 bridgehead atoms. The molecule has 1 unspecified atom stereocenters. The van der Waals surface area contributed by atoms with Crippen molar-refractivity contribution < 1.29 is 19.1 Å². The number of hydrogen-bond acceptors (Lipinski definition) is 4. The number of ether oxygens (including phenoxy) is 2. The highest BCUT2D eigenvalue weighted by Gasteiger charge is 2.33. The van der Waals surface area contributed by atoms with E-state index in [1.54, 1.807) is 27.7 Å². The molecule has 1 atom stereocenters. The molecular weight excluding hydrogens is 350 g/mol. The van der Waals surface area contributed by atoms with E-state index in [-0.39, 0.29) is 6.42 Å². The van der Waals surface area contributed by atoms with Crippen molar-refractivity contribution in [3.8, 4) is 0 Å². The molecular formula is C16H22BrNO4. The van der Waals surface area contributed by atoms with E-state index in [0.29, 0.717) is 0 Å². The molecule has 1 rings (SSSR count). The Morgan fingerprint density at radius 2 is 1.68 bits per heavy atom. The Kier molecular flexibility index (Phi) is 6.00. The van der Waals surface area contributed by atoms with Crippen molar-refractivity contribution in [1.82, 2.24) is 5.32 Å². The van der Waals surface area contributed by atoms with E-state index in [0.717, 1.165) is 10.0 Å². The van der Waals surface area contributed by atoms with Crippen molar-refractivity contribution in [3.05, 3.63) is 34.3 Å². The summed E-state index contributed by atoms with van der Waals surface area (Å²) in [4.78, 5) is 23.8. The number of carbonyl (C=O) groups excluding carboxylic acids is 2. The van der Waals surface area contributed by atoms with Crippen LogP contribution in [0, 0.1) is 0 Å². The van der Waals surface area contributed by atoms with Crippen LogP contribution in [0.25, 0.3) is 0 Å². The molecule has 0 aromatic heterocycles. The lowest BCUT2D eigenvalue weighted by atomic mass is 9.89. The minimum absolute atomic E-state index is 0.00434. The molecule has 1 aromatic rings. The first-order valence-electron chi connectivity index (χ1n) is 6.90. The molecule has 0 aliphatic carbocycles. The smallest absolute Gasteiger partial charge is 0.408 e. The Bertz CT molecular complexity index is 536. The van der Waals surface area contributed by atoms with Crippen molar-refractivity contribution in [2.24, 2.45) is 0 Å². The number of esters is 1. The largest absolute Gasteiger partial charge is 0.469 e. The highest BCUT2D eigenvalue weighted by atomic mass is 79.9. The lowest BCUT2D eigenvalue weighted by Gasteiger charge is -2.31. The third-order valence-corrected chi connectivity index (χ3v) is 3.51. The van der Waals surface area contributed by atoms with Gasteiger partial charge in [-0.05, 0) is 45.4 Å². The van der Waals surface area contributed by atoms with E-state index in [1.165, 1.54) is 7.11 Å². The van der Waals surface area contributed by atoms with Crippen LogP contribution < -0.4 is 5.32 Å². The van der Waals surface area contributed by atoms with Gasteiger partial charge in [-0.2, -0.15) is 0 Å². The second kappa shape index (κ2) is 7.13. The minimum Gasteiger partial charge on any atom is -0.469 e. The molecule has 0 saturated heterocycles. The predicted molar refractivity (Wildman–Crippen MR) is 87.5 cm³/mol. The second-order valence-electron chi connectivity index (χ2n) is 6.22. The van der Waals surface area contributed by atoms with Crippen molar-refractivity contribution in [2.45, 2.75) is 45.3 Å². The second-order valence-corrected chi connectivity index (χ2v) is 7.13. The number of methoxy groups -OCH3 is 1. The molecule has 122 valence electrons. The molecule has 0 saturated carbocycles. The monoisotopic (exact) mass is 371 g/mol. The van der Waals surface area contributed by atoms with Gasteiger partial charge in [-0.3, -0.25) is 4.79 Å². The van der Waals surface area contributed by atoms with E-state index in [2.05, 4.69) is 21.2 Å². The van der Waals surface area contributed by atoms with Gasteiger partial charge >= 0.3 is 12.1 Å². The van der Waals surface area contributed by atoms with Gasteiger partial charge in [0.05, 0.1) is 19.1 Å². The molecule has 0 spiro atoms. The Balaban J connectivity index is 3.03. The van der Waals surface area contributed by atoms with Crippen LogP contribution in [-0.2, 0) is 19.8 Å². The maximum absolute atomic E-state index is 12.1. The van der Waals surface area contributed by atoms with Crippen molar-refractivity contribution in [1.29, 1.82) is 0 Å². The number of rotatable bonds is 4. The van der Waals surface area contributed by atoms with Gasteiger partial charge in [-0.25, -0.2) is 4.79 Å². The number of alkyl carbamates (subject to hydrolysis) is 1. The zero-order valence-corrected chi connectivity index (χ0v) is 15.1. The zero-order valence-electron chi connectivity index (χ0n) is 13.5. The van der Waals surface area contributed by atoms with Gasteiger partial charge in [-0.1, -0.05) is 28.1 Å². The number of nitrogens with one attached hydrogen (secondary N) is 1. The average Bonchev–Trinajstić information content (AvgIpc) is 2.36. The molecule has 0 heterocycles. The first-order valence-corrected chi connectivity index (χ1v) is 7.69. The molecule has 5 nitrogen and oxygen atoms in total. The van der Waals surface area contributed by atoms with Gasteiger partial charge < -0.3 is 14.8 Å². The number of halogens is 1. The number of benzene rings is 1. The summed E-state index contributed by atoms with van der Waals surface area (Å²) in [6, 6.07) is 7.37. The van der Waals surface area contributed by atoms with Gasteiger partial charge in [0.2, 0.25) is 0 Å². The molecule has 1 N–H and O–H groups in total. The van der Waals surface area contributed by atoms with Gasteiger partial charge in [0.15, 0.2) is 0 Å². The average molecular weight is 372 g/mol. The van der Waals surface area contributed by atoms with E-state index >= 15 is 0 Å². The first kappa shape index (κ1) is 18.5. The van der Waals surface area contributed by atoms with E-state index in [4.69, 9.17) is 9.47 Å². The van der Waals surface area contributed by atoms with Crippen LogP contribution in [-0.4, -0.2) is 24.8 Å². The molecule has 1 aromatic carbocycles.